The standard InChI is InChI=1S/C12H19N3O3/c1-17-12(16)10-11(13)15(8-14-10)6-7-18-9-4-2-3-5-9/h8-9H,2-7,13H2,1H3. The lowest BCUT2D eigenvalue weighted by atomic mass is 10.3. The van der Waals surface area contributed by atoms with Gasteiger partial charge in [0.2, 0.25) is 0 Å². The summed E-state index contributed by atoms with van der Waals surface area (Å²) in [5, 5.41) is 0. The van der Waals surface area contributed by atoms with Gasteiger partial charge in [0.1, 0.15) is 5.82 Å². The first-order chi connectivity index (χ1) is 8.72. The van der Waals surface area contributed by atoms with Gasteiger partial charge in [-0.2, -0.15) is 0 Å². The molecule has 18 heavy (non-hydrogen) atoms. The van der Waals surface area contributed by atoms with Crippen LogP contribution in [0.1, 0.15) is 36.2 Å². The van der Waals surface area contributed by atoms with E-state index in [-0.39, 0.29) is 5.69 Å². The van der Waals surface area contributed by atoms with Gasteiger partial charge < -0.3 is 19.8 Å². The van der Waals surface area contributed by atoms with Gasteiger partial charge in [-0.25, -0.2) is 9.78 Å². The van der Waals surface area contributed by atoms with E-state index in [0.29, 0.717) is 25.1 Å². The maximum absolute atomic E-state index is 11.3. The van der Waals surface area contributed by atoms with Crippen molar-refractivity contribution in [1.82, 2.24) is 9.55 Å². The third-order valence-corrected chi connectivity index (χ3v) is 3.24. The summed E-state index contributed by atoms with van der Waals surface area (Å²) in [5.41, 5.74) is 5.98. The molecular formula is C12H19N3O3. The number of nitrogens with two attached hydrogens (primary N) is 1. The highest BCUT2D eigenvalue weighted by atomic mass is 16.5. The summed E-state index contributed by atoms with van der Waals surface area (Å²) < 4.78 is 12.0. The molecule has 0 amide bonds. The van der Waals surface area contributed by atoms with Gasteiger partial charge in [0, 0.05) is 6.54 Å². The summed E-state index contributed by atoms with van der Waals surface area (Å²) >= 11 is 0. The van der Waals surface area contributed by atoms with E-state index in [1.165, 1.54) is 20.0 Å². The van der Waals surface area contributed by atoms with Crippen molar-refractivity contribution in [3.63, 3.8) is 0 Å². The van der Waals surface area contributed by atoms with Crippen molar-refractivity contribution in [3.8, 4) is 0 Å². The van der Waals surface area contributed by atoms with Gasteiger partial charge in [0.15, 0.2) is 5.69 Å². The number of ether oxygens (including phenoxy) is 2. The van der Waals surface area contributed by atoms with Crippen LogP contribution in [0.4, 0.5) is 5.82 Å². The number of imidazole rings is 1. The van der Waals surface area contributed by atoms with Crippen molar-refractivity contribution < 1.29 is 14.3 Å². The van der Waals surface area contributed by atoms with Crippen LogP contribution in [0.2, 0.25) is 0 Å². The Kier molecular flexibility index (Phi) is 4.19. The second kappa shape index (κ2) is 5.86. The third kappa shape index (κ3) is 2.81. The average molecular weight is 253 g/mol. The zero-order valence-corrected chi connectivity index (χ0v) is 10.6. The summed E-state index contributed by atoms with van der Waals surface area (Å²) in [6.07, 6.45) is 6.73. The van der Waals surface area contributed by atoms with Crippen molar-refractivity contribution in [2.24, 2.45) is 0 Å². The molecule has 0 bridgehead atoms. The number of methoxy groups -OCH3 is 1. The first kappa shape index (κ1) is 12.9. The molecule has 1 heterocycles. The molecule has 2 rings (SSSR count). The Labute approximate surface area is 106 Å². The second-order valence-corrected chi connectivity index (χ2v) is 4.44. The number of hydrogen-bond acceptors (Lipinski definition) is 5. The van der Waals surface area contributed by atoms with Gasteiger partial charge in [-0.1, -0.05) is 12.8 Å². The highest BCUT2D eigenvalue weighted by Gasteiger charge is 2.17. The number of aromatic nitrogens is 2. The molecule has 2 N–H and O–H groups in total. The maximum Gasteiger partial charge on any atom is 0.360 e. The Balaban J connectivity index is 1.85. The van der Waals surface area contributed by atoms with E-state index in [1.54, 1.807) is 10.9 Å². The number of nitrogens with zero attached hydrogens (tertiary/aromatic N) is 2. The minimum absolute atomic E-state index is 0.165. The van der Waals surface area contributed by atoms with Crippen LogP contribution < -0.4 is 5.73 Å². The zero-order valence-electron chi connectivity index (χ0n) is 10.6. The smallest absolute Gasteiger partial charge is 0.360 e. The van der Waals surface area contributed by atoms with Crippen molar-refractivity contribution in [1.29, 1.82) is 0 Å². The minimum Gasteiger partial charge on any atom is -0.464 e. The molecule has 1 aliphatic carbocycles. The lowest BCUT2D eigenvalue weighted by molar-refractivity contribution is 0.0530. The van der Waals surface area contributed by atoms with Crippen LogP contribution in [-0.4, -0.2) is 35.3 Å². The number of esters is 1. The first-order valence-electron chi connectivity index (χ1n) is 6.23. The summed E-state index contributed by atoms with van der Waals surface area (Å²) in [5.74, 6) is -0.181. The van der Waals surface area contributed by atoms with Gasteiger partial charge in [-0.3, -0.25) is 0 Å². The Bertz CT molecular complexity index is 411. The zero-order chi connectivity index (χ0) is 13.0. The minimum atomic E-state index is -0.511. The molecule has 0 spiro atoms. The van der Waals surface area contributed by atoms with Crippen molar-refractivity contribution in [2.75, 3.05) is 19.5 Å². The molecule has 100 valence electrons. The normalized spacial score (nSPS) is 16.1. The first-order valence-corrected chi connectivity index (χ1v) is 6.23. The largest absolute Gasteiger partial charge is 0.464 e. The SMILES string of the molecule is COC(=O)c1ncn(CCOC2CCCC2)c1N. The quantitative estimate of drug-likeness (QED) is 0.798. The molecule has 0 aliphatic heterocycles. The number of carbonyl (C=O) groups excluding carboxylic acids is 1. The number of hydrogen-bond donors (Lipinski definition) is 1. The highest BCUT2D eigenvalue weighted by molar-refractivity contribution is 5.91. The Morgan fingerprint density at radius 2 is 2.28 bits per heavy atom. The second-order valence-electron chi connectivity index (χ2n) is 4.44. The summed E-state index contributed by atoms with van der Waals surface area (Å²) in [6, 6.07) is 0. The molecule has 6 nitrogen and oxygen atoms in total. The molecule has 0 saturated heterocycles. The van der Waals surface area contributed by atoms with Crippen LogP contribution in [0.5, 0.6) is 0 Å². The Morgan fingerprint density at radius 3 is 2.94 bits per heavy atom. The molecule has 0 unspecified atom stereocenters. The topological polar surface area (TPSA) is 79.4 Å². The Morgan fingerprint density at radius 1 is 1.56 bits per heavy atom. The van der Waals surface area contributed by atoms with E-state index in [0.717, 1.165) is 12.8 Å². The van der Waals surface area contributed by atoms with Crippen molar-refractivity contribution >= 4 is 11.8 Å². The van der Waals surface area contributed by atoms with E-state index in [2.05, 4.69) is 9.72 Å². The Hall–Kier alpha value is -1.56. The number of nitrogen functional groups attached to an aromatic ring is 1. The highest BCUT2D eigenvalue weighted by Crippen LogP contribution is 2.21. The predicted octanol–water partition coefficient (Wildman–Crippen LogP) is 1.21. The van der Waals surface area contributed by atoms with Gasteiger partial charge in [-0.05, 0) is 12.8 Å². The molecule has 1 aromatic heterocycles. The lowest BCUT2D eigenvalue weighted by Gasteiger charge is -2.11. The maximum atomic E-state index is 11.3. The number of rotatable bonds is 5. The van der Waals surface area contributed by atoms with Gasteiger partial charge in [-0.15, -0.1) is 0 Å². The van der Waals surface area contributed by atoms with E-state index >= 15 is 0 Å². The fraction of sp³-hybridized carbons (Fsp3) is 0.667. The van der Waals surface area contributed by atoms with Crippen LogP contribution in [0.3, 0.4) is 0 Å². The summed E-state index contributed by atoms with van der Waals surface area (Å²) in [7, 11) is 1.31. The van der Waals surface area contributed by atoms with E-state index in [4.69, 9.17) is 10.5 Å². The molecule has 0 radical (unpaired) electrons. The third-order valence-electron chi connectivity index (χ3n) is 3.24. The van der Waals surface area contributed by atoms with Gasteiger partial charge in [0.25, 0.3) is 0 Å². The van der Waals surface area contributed by atoms with Gasteiger partial charge >= 0.3 is 5.97 Å². The summed E-state index contributed by atoms with van der Waals surface area (Å²) in [4.78, 5) is 15.3. The molecule has 1 aromatic rings. The van der Waals surface area contributed by atoms with Gasteiger partial charge in [0.05, 0.1) is 26.1 Å². The lowest BCUT2D eigenvalue weighted by Crippen LogP contribution is -2.14. The van der Waals surface area contributed by atoms with Crippen LogP contribution in [0.25, 0.3) is 0 Å². The van der Waals surface area contributed by atoms with Crippen LogP contribution in [0, 0.1) is 0 Å². The van der Waals surface area contributed by atoms with Crippen LogP contribution in [-0.2, 0) is 16.0 Å². The molecule has 0 atom stereocenters. The van der Waals surface area contributed by atoms with Crippen LogP contribution in [0.15, 0.2) is 6.33 Å². The monoisotopic (exact) mass is 253 g/mol. The van der Waals surface area contributed by atoms with Crippen LogP contribution >= 0.6 is 0 Å². The molecule has 1 fully saturated rings. The van der Waals surface area contributed by atoms with E-state index < -0.39 is 5.97 Å². The fourth-order valence-corrected chi connectivity index (χ4v) is 2.20. The van der Waals surface area contributed by atoms with Crippen molar-refractivity contribution in [3.05, 3.63) is 12.0 Å². The van der Waals surface area contributed by atoms with E-state index in [1.807, 2.05) is 0 Å². The number of anilines is 1. The molecular weight excluding hydrogens is 234 g/mol. The fourth-order valence-electron chi connectivity index (χ4n) is 2.20. The average Bonchev–Trinajstić information content (AvgIpc) is 3.00. The number of carbonyl (C=O) groups is 1. The summed E-state index contributed by atoms with van der Waals surface area (Å²) in [6.45, 7) is 1.19. The molecule has 0 aromatic carbocycles. The molecule has 6 heteroatoms. The molecule has 1 aliphatic rings. The molecule has 1 saturated carbocycles. The van der Waals surface area contributed by atoms with Crippen molar-refractivity contribution in [2.45, 2.75) is 38.3 Å². The van der Waals surface area contributed by atoms with E-state index in [9.17, 15) is 4.79 Å². The predicted molar refractivity (Wildman–Crippen MR) is 66.2 cm³/mol.